The molecule has 0 unspecified atom stereocenters. The van der Waals surface area contributed by atoms with E-state index in [-0.39, 0.29) is 0 Å². The van der Waals surface area contributed by atoms with Crippen LogP contribution in [0.15, 0.2) is 18.2 Å². The first kappa shape index (κ1) is 24.5. The maximum atomic E-state index is 5.61. The van der Waals surface area contributed by atoms with Crippen molar-refractivity contribution < 1.29 is 19.6 Å². The third-order valence-electron chi connectivity index (χ3n) is 5.13. The van der Waals surface area contributed by atoms with Crippen molar-refractivity contribution in [1.82, 2.24) is 0 Å². The van der Waals surface area contributed by atoms with Gasteiger partial charge in [-0.3, -0.25) is 0 Å². The molecule has 28 heavy (non-hydrogen) atoms. The van der Waals surface area contributed by atoms with E-state index in [2.05, 4.69) is 20.4 Å². The van der Waals surface area contributed by atoms with Crippen molar-refractivity contribution >= 4 is 0 Å². The molecular weight excluding hydrogens is 352 g/mol. The smallest absolute Gasteiger partial charge is 0.172 e. The predicted molar refractivity (Wildman–Crippen MR) is 116 cm³/mol. The first-order chi connectivity index (χ1) is 13.5. The molecule has 0 N–H and O–H groups in total. The predicted octanol–water partition coefficient (Wildman–Crippen LogP) is 7.07. The minimum absolute atomic E-state index is 0.747. The van der Waals surface area contributed by atoms with Gasteiger partial charge in [0.25, 0.3) is 0 Å². The molecular formula is C24H40O4. The molecule has 1 rings (SSSR count). The molecule has 0 saturated heterocycles. The number of benzene rings is 1. The van der Waals surface area contributed by atoms with Crippen molar-refractivity contribution in [2.45, 2.75) is 91.4 Å². The quantitative estimate of drug-likeness (QED) is 0.130. The molecule has 1 aromatic carbocycles. The number of rotatable bonds is 16. The zero-order valence-electron chi connectivity index (χ0n) is 18.7. The first-order valence-electron chi connectivity index (χ1n) is 10.8. The normalized spacial score (nSPS) is 10.9. The third kappa shape index (κ3) is 8.66. The standard InChI is InChI=1S/C24H40O4/c1-7-8-9-10-11-12-13-14-15-22-20(4)23(27-25-5)18-21(17-16-19(2)3)24(22)28-26-6/h18H,2,7-17H2,1,3-6H3. The second-order valence-corrected chi connectivity index (χ2v) is 7.65. The lowest BCUT2D eigenvalue weighted by molar-refractivity contribution is -0.182. The summed E-state index contributed by atoms with van der Waals surface area (Å²) in [6.45, 7) is 10.4. The number of hydrogen-bond donors (Lipinski definition) is 0. The van der Waals surface area contributed by atoms with Crippen LogP contribution in [0.4, 0.5) is 0 Å². The van der Waals surface area contributed by atoms with Crippen LogP contribution < -0.4 is 9.78 Å². The molecule has 0 amide bonds. The lowest BCUT2D eigenvalue weighted by atomic mass is 9.94. The average Bonchev–Trinajstić information content (AvgIpc) is 2.67. The van der Waals surface area contributed by atoms with Crippen LogP contribution >= 0.6 is 0 Å². The van der Waals surface area contributed by atoms with Gasteiger partial charge in [-0.05, 0) is 45.6 Å². The Kier molecular flexibility index (Phi) is 12.7. The van der Waals surface area contributed by atoms with Crippen LogP contribution in [-0.2, 0) is 22.6 Å². The molecule has 0 aliphatic carbocycles. The van der Waals surface area contributed by atoms with Crippen LogP contribution in [0.5, 0.6) is 11.5 Å². The zero-order valence-corrected chi connectivity index (χ0v) is 18.7. The highest BCUT2D eigenvalue weighted by Gasteiger charge is 2.19. The molecule has 0 radical (unpaired) electrons. The topological polar surface area (TPSA) is 36.9 Å². The number of allylic oxidation sites excluding steroid dienone is 1. The Labute approximate surface area is 172 Å². The summed E-state index contributed by atoms with van der Waals surface area (Å²) in [5.74, 6) is 1.57. The molecule has 0 aliphatic heterocycles. The van der Waals surface area contributed by atoms with Crippen LogP contribution in [0.25, 0.3) is 0 Å². The van der Waals surface area contributed by atoms with E-state index < -0.39 is 0 Å². The lowest BCUT2D eigenvalue weighted by Crippen LogP contribution is -2.06. The van der Waals surface area contributed by atoms with Gasteiger partial charge in [0, 0.05) is 16.7 Å². The molecule has 0 spiro atoms. The van der Waals surface area contributed by atoms with Gasteiger partial charge in [-0.15, -0.1) is 6.58 Å². The maximum Gasteiger partial charge on any atom is 0.172 e. The molecule has 0 fully saturated rings. The van der Waals surface area contributed by atoms with Crippen LogP contribution in [0, 0.1) is 6.92 Å². The highest BCUT2D eigenvalue weighted by molar-refractivity contribution is 5.53. The molecule has 0 heterocycles. The van der Waals surface area contributed by atoms with Crippen LogP contribution in [0.3, 0.4) is 0 Å². The second-order valence-electron chi connectivity index (χ2n) is 7.65. The summed E-state index contributed by atoms with van der Waals surface area (Å²) in [6.07, 6.45) is 13.0. The van der Waals surface area contributed by atoms with Gasteiger partial charge >= 0.3 is 0 Å². The Hall–Kier alpha value is -1.52. The Bertz CT molecular complexity index is 580. The molecule has 0 aromatic heterocycles. The van der Waals surface area contributed by atoms with Gasteiger partial charge < -0.3 is 9.78 Å². The average molecular weight is 393 g/mol. The second kappa shape index (κ2) is 14.5. The molecule has 4 nitrogen and oxygen atoms in total. The Balaban J connectivity index is 2.85. The van der Waals surface area contributed by atoms with Crippen molar-refractivity contribution in [1.29, 1.82) is 0 Å². The zero-order chi connectivity index (χ0) is 20.8. The molecule has 0 saturated carbocycles. The van der Waals surface area contributed by atoms with E-state index in [0.717, 1.165) is 59.4 Å². The summed E-state index contributed by atoms with van der Waals surface area (Å²) < 4.78 is 0. The SMILES string of the molecule is C=C(C)CCc1cc(OOC)c(C)c(CCCCCCCCCC)c1OOC. The number of unbranched alkanes of at least 4 members (excludes halogenated alkanes) is 7. The molecule has 4 heteroatoms. The molecule has 0 aliphatic rings. The Morgan fingerprint density at radius 2 is 1.50 bits per heavy atom. The summed E-state index contributed by atoms with van der Waals surface area (Å²) in [5.41, 5.74) is 4.41. The fourth-order valence-corrected chi connectivity index (χ4v) is 3.48. The minimum Gasteiger partial charge on any atom is -0.338 e. The van der Waals surface area contributed by atoms with Crippen LogP contribution in [-0.4, -0.2) is 14.2 Å². The van der Waals surface area contributed by atoms with Crippen LogP contribution in [0.1, 0.15) is 88.3 Å². The summed E-state index contributed by atoms with van der Waals surface area (Å²) in [7, 11) is 3.09. The van der Waals surface area contributed by atoms with E-state index in [0.29, 0.717) is 0 Å². The first-order valence-corrected chi connectivity index (χ1v) is 10.8. The van der Waals surface area contributed by atoms with Crippen molar-refractivity contribution in [3.05, 3.63) is 34.9 Å². The Morgan fingerprint density at radius 1 is 0.893 bits per heavy atom. The van der Waals surface area contributed by atoms with Gasteiger partial charge in [0.2, 0.25) is 0 Å². The summed E-state index contributed by atoms with van der Waals surface area (Å²) >= 11 is 0. The summed E-state index contributed by atoms with van der Waals surface area (Å²) in [5, 5.41) is 0. The third-order valence-corrected chi connectivity index (χ3v) is 5.13. The van der Waals surface area contributed by atoms with Crippen molar-refractivity contribution in [3.8, 4) is 11.5 Å². The van der Waals surface area contributed by atoms with Gasteiger partial charge in [0.05, 0.1) is 14.2 Å². The minimum atomic E-state index is 0.747. The van der Waals surface area contributed by atoms with E-state index >= 15 is 0 Å². The molecule has 0 bridgehead atoms. The number of hydrogen-bond acceptors (Lipinski definition) is 4. The Morgan fingerprint density at radius 3 is 2.07 bits per heavy atom. The molecule has 1 aromatic rings. The maximum absolute atomic E-state index is 5.61. The largest absolute Gasteiger partial charge is 0.338 e. The fraction of sp³-hybridized carbons (Fsp3) is 0.667. The summed E-state index contributed by atoms with van der Waals surface area (Å²) in [4.78, 5) is 21.0. The van der Waals surface area contributed by atoms with E-state index in [1.54, 1.807) is 7.11 Å². The highest BCUT2D eigenvalue weighted by atomic mass is 17.2. The van der Waals surface area contributed by atoms with E-state index in [1.807, 2.05) is 13.0 Å². The van der Waals surface area contributed by atoms with Gasteiger partial charge in [-0.1, -0.05) is 57.4 Å². The highest BCUT2D eigenvalue weighted by Crippen LogP contribution is 2.36. The van der Waals surface area contributed by atoms with Crippen molar-refractivity contribution in [3.63, 3.8) is 0 Å². The molecule has 0 atom stereocenters. The van der Waals surface area contributed by atoms with Crippen molar-refractivity contribution in [2.24, 2.45) is 0 Å². The number of aryl methyl sites for hydroxylation is 1. The molecule has 160 valence electrons. The monoisotopic (exact) mass is 392 g/mol. The van der Waals surface area contributed by atoms with E-state index in [1.165, 1.54) is 52.1 Å². The fourth-order valence-electron chi connectivity index (χ4n) is 3.48. The van der Waals surface area contributed by atoms with Gasteiger partial charge in [-0.2, -0.15) is 9.78 Å². The lowest BCUT2D eigenvalue weighted by Gasteiger charge is -2.19. The van der Waals surface area contributed by atoms with Gasteiger partial charge in [-0.25, -0.2) is 0 Å². The van der Waals surface area contributed by atoms with Crippen LogP contribution in [0.2, 0.25) is 0 Å². The van der Waals surface area contributed by atoms with E-state index in [4.69, 9.17) is 19.6 Å². The van der Waals surface area contributed by atoms with Crippen molar-refractivity contribution in [2.75, 3.05) is 14.2 Å². The van der Waals surface area contributed by atoms with Gasteiger partial charge in [0.15, 0.2) is 11.5 Å². The summed E-state index contributed by atoms with van der Waals surface area (Å²) in [6, 6.07) is 1.99. The van der Waals surface area contributed by atoms with E-state index in [9.17, 15) is 0 Å². The van der Waals surface area contributed by atoms with Gasteiger partial charge in [0.1, 0.15) is 0 Å².